The van der Waals surface area contributed by atoms with Crippen molar-refractivity contribution in [2.45, 2.75) is 0 Å². The Hall–Kier alpha value is -8.06. The van der Waals surface area contributed by atoms with Gasteiger partial charge in [-0.2, -0.15) is 0 Å². The molecular weight excluding hydrogens is 775 g/mol. The van der Waals surface area contributed by atoms with Crippen LogP contribution in [0.4, 0.5) is 0 Å². The summed E-state index contributed by atoms with van der Waals surface area (Å²) in [5, 5.41) is 17.4. The van der Waals surface area contributed by atoms with Crippen LogP contribution in [0.15, 0.2) is 212 Å². The highest BCUT2D eigenvalue weighted by atomic mass is 32.1. The van der Waals surface area contributed by atoms with E-state index in [2.05, 4.69) is 202 Å². The van der Waals surface area contributed by atoms with Gasteiger partial charge in [-0.05, 0) is 66.2 Å². The predicted octanol–water partition coefficient (Wildman–Crippen LogP) is 14.8. The second kappa shape index (κ2) is 13.7. The molecule has 0 atom stereocenters. The van der Waals surface area contributed by atoms with Crippen LogP contribution in [0, 0.1) is 0 Å². The third-order valence-electron chi connectivity index (χ3n) is 12.4. The van der Waals surface area contributed by atoms with E-state index in [-0.39, 0.29) is 0 Å². The molecule has 0 aliphatic carbocycles. The first-order valence-corrected chi connectivity index (χ1v) is 21.7. The fourth-order valence-electron chi connectivity index (χ4n) is 9.74. The predicted molar refractivity (Wildman–Crippen MR) is 259 cm³/mol. The molecule has 4 aromatic heterocycles. The second-order valence-corrected chi connectivity index (χ2v) is 16.8. The van der Waals surface area contributed by atoms with Gasteiger partial charge in [0, 0.05) is 69.8 Å². The molecule has 13 aromatic rings. The zero-order valence-corrected chi connectivity index (χ0v) is 34.2. The highest BCUT2D eigenvalue weighted by molar-refractivity contribution is 7.26. The lowest BCUT2D eigenvalue weighted by atomic mass is 10.0. The van der Waals surface area contributed by atoms with Crippen molar-refractivity contribution < 1.29 is 0 Å². The van der Waals surface area contributed by atoms with Crippen LogP contribution in [0.1, 0.15) is 0 Å². The summed E-state index contributed by atoms with van der Waals surface area (Å²) in [5.74, 6) is 1.58. The summed E-state index contributed by atoms with van der Waals surface area (Å²) < 4.78 is 9.72. The minimum atomic E-state index is 0.783. The summed E-state index contributed by atoms with van der Waals surface area (Å²) in [7, 11) is 0. The number of rotatable bonds is 6. The summed E-state index contributed by atoms with van der Waals surface area (Å²) in [6.07, 6.45) is 0. The SMILES string of the molecule is c1ccc(-c2nnc(-c3cccc4c5ccccc5n(-c5cccc(-c6ccccc6-n6c7ccccc7c7c8sc9ccccc9c8ccc76)c5)c34)n2-c2ccccc2)cc1. The third kappa shape index (κ3) is 5.14. The van der Waals surface area contributed by atoms with E-state index in [4.69, 9.17) is 10.2 Å². The molecule has 0 bridgehead atoms. The number of benzene rings is 9. The van der Waals surface area contributed by atoms with Crippen molar-refractivity contribution in [3.8, 4) is 51.0 Å². The van der Waals surface area contributed by atoms with Crippen molar-refractivity contribution >= 4 is 75.1 Å². The monoisotopic (exact) mass is 809 g/mol. The largest absolute Gasteiger partial charge is 0.309 e. The van der Waals surface area contributed by atoms with Gasteiger partial charge in [-0.3, -0.25) is 4.57 Å². The van der Waals surface area contributed by atoms with Gasteiger partial charge in [0.15, 0.2) is 11.6 Å². The lowest BCUT2D eigenvalue weighted by Crippen LogP contribution is -2.02. The molecule has 13 rings (SSSR count). The molecule has 290 valence electrons. The molecule has 0 amide bonds. The maximum atomic E-state index is 4.98. The normalized spacial score (nSPS) is 11.9. The summed E-state index contributed by atoms with van der Waals surface area (Å²) in [6.45, 7) is 0. The van der Waals surface area contributed by atoms with Gasteiger partial charge < -0.3 is 9.13 Å². The van der Waals surface area contributed by atoms with Gasteiger partial charge in [0.2, 0.25) is 0 Å². The van der Waals surface area contributed by atoms with Crippen LogP contribution < -0.4 is 0 Å². The molecule has 0 N–H and O–H groups in total. The zero-order valence-electron chi connectivity index (χ0n) is 33.4. The molecule has 0 aliphatic rings. The van der Waals surface area contributed by atoms with Crippen molar-refractivity contribution in [3.05, 3.63) is 212 Å². The minimum Gasteiger partial charge on any atom is -0.309 e. The highest BCUT2D eigenvalue weighted by Gasteiger charge is 2.24. The quantitative estimate of drug-likeness (QED) is 0.168. The summed E-state index contributed by atoms with van der Waals surface area (Å²) in [6, 6.07) is 76.1. The van der Waals surface area contributed by atoms with Crippen molar-refractivity contribution in [1.82, 2.24) is 23.9 Å². The maximum absolute atomic E-state index is 4.98. The third-order valence-corrected chi connectivity index (χ3v) is 13.6. The number of fused-ring (bicyclic) bond motifs is 10. The van der Waals surface area contributed by atoms with Gasteiger partial charge in [-0.15, -0.1) is 21.5 Å². The Bertz CT molecular complexity index is 3870. The summed E-state index contributed by atoms with van der Waals surface area (Å²) in [5.41, 5.74) is 12.1. The topological polar surface area (TPSA) is 40.6 Å². The minimum absolute atomic E-state index is 0.783. The smallest absolute Gasteiger partial charge is 0.171 e. The van der Waals surface area contributed by atoms with E-state index in [1.54, 1.807) is 0 Å². The maximum Gasteiger partial charge on any atom is 0.171 e. The standard InChI is InChI=1S/C56H35N5S/c1-3-17-36(18-4-1)55-57-58-56(60(55)38-20-5-2-6-21-38)46-28-16-27-43-41-24-8-12-30-48(41)59(53(43)46)39-22-15-19-37(35-39)40-23-7-11-29-47(40)61-49-31-13-9-26-45(49)52-50(61)34-33-44-42-25-10-14-32-51(42)62-54(44)52/h1-35H. The number of hydrogen-bond donors (Lipinski definition) is 0. The first-order chi connectivity index (χ1) is 30.8. The van der Waals surface area contributed by atoms with E-state index >= 15 is 0 Å². The van der Waals surface area contributed by atoms with Crippen molar-refractivity contribution in [2.75, 3.05) is 0 Å². The fourth-order valence-corrected chi connectivity index (χ4v) is 11.0. The molecule has 0 saturated heterocycles. The van der Waals surface area contributed by atoms with E-state index in [1.165, 1.54) is 47.4 Å². The van der Waals surface area contributed by atoms with E-state index in [9.17, 15) is 0 Å². The highest BCUT2D eigenvalue weighted by Crippen LogP contribution is 2.45. The molecule has 0 unspecified atom stereocenters. The van der Waals surface area contributed by atoms with Crippen LogP contribution in [0.2, 0.25) is 0 Å². The Labute approximate surface area is 360 Å². The first kappa shape index (κ1) is 34.8. The molecule has 0 aliphatic heterocycles. The average Bonchev–Trinajstić information content (AvgIpc) is 4.12. The Morgan fingerprint density at radius 2 is 0.968 bits per heavy atom. The number of para-hydroxylation sites is 5. The molecule has 0 saturated carbocycles. The van der Waals surface area contributed by atoms with Gasteiger partial charge in [0.1, 0.15) is 0 Å². The van der Waals surface area contributed by atoms with Crippen molar-refractivity contribution in [2.24, 2.45) is 0 Å². The molecule has 0 radical (unpaired) electrons. The molecular formula is C56H35N5S. The fraction of sp³-hybridized carbons (Fsp3) is 0. The van der Waals surface area contributed by atoms with Gasteiger partial charge in [0.05, 0.1) is 27.8 Å². The van der Waals surface area contributed by atoms with Gasteiger partial charge >= 0.3 is 0 Å². The van der Waals surface area contributed by atoms with Gasteiger partial charge in [-0.1, -0.05) is 152 Å². The van der Waals surface area contributed by atoms with E-state index < -0.39 is 0 Å². The number of nitrogens with zero attached hydrogens (tertiary/aromatic N) is 5. The number of thiophene rings is 1. The Kier molecular flexibility index (Phi) is 7.71. The summed E-state index contributed by atoms with van der Waals surface area (Å²) in [4.78, 5) is 0. The van der Waals surface area contributed by atoms with E-state index in [0.717, 1.165) is 67.4 Å². The molecule has 4 heterocycles. The lowest BCUT2D eigenvalue weighted by Gasteiger charge is -2.16. The second-order valence-electron chi connectivity index (χ2n) is 15.8. The lowest BCUT2D eigenvalue weighted by molar-refractivity contribution is 1.07. The molecule has 62 heavy (non-hydrogen) atoms. The van der Waals surface area contributed by atoms with E-state index in [1.807, 2.05) is 35.6 Å². The Morgan fingerprint density at radius 3 is 1.82 bits per heavy atom. The van der Waals surface area contributed by atoms with Crippen molar-refractivity contribution in [1.29, 1.82) is 0 Å². The van der Waals surface area contributed by atoms with Gasteiger partial charge in [0.25, 0.3) is 0 Å². The number of aromatic nitrogens is 5. The number of hydrogen-bond acceptors (Lipinski definition) is 3. The Morgan fingerprint density at radius 1 is 0.355 bits per heavy atom. The zero-order chi connectivity index (χ0) is 40.7. The van der Waals surface area contributed by atoms with Crippen LogP contribution in [0.25, 0.3) is 115 Å². The van der Waals surface area contributed by atoms with Gasteiger partial charge in [-0.25, -0.2) is 0 Å². The van der Waals surface area contributed by atoms with Crippen LogP contribution in [-0.2, 0) is 0 Å². The van der Waals surface area contributed by atoms with Crippen LogP contribution >= 0.6 is 11.3 Å². The van der Waals surface area contributed by atoms with E-state index in [0.29, 0.717) is 0 Å². The first-order valence-electron chi connectivity index (χ1n) is 20.9. The molecule has 6 heteroatoms. The summed E-state index contributed by atoms with van der Waals surface area (Å²) >= 11 is 1.89. The Balaban J connectivity index is 1.04. The van der Waals surface area contributed by atoms with Crippen LogP contribution in [0.3, 0.4) is 0 Å². The molecule has 9 aromatic carbocycles. The molecule has 0 fully saturated rings. The van der Waals surface area contributed by atoms with Crippen molar-refractivity contribution in [3.63, 3.8) is 0 Å². The average molecular weight is 810 g/mol. The molecule has 5 nitrogen and oxygen atoms in total. The van der Waals surface area contributed by atoms with Crippen LogP contribution in [-0.4, -0.2) is 23.9 Å². The van der Waals surface area contributed by atoms with Crippen LogP contribution in [0.5, 0.6) is 0 Å². The molecule has 0 spiro atoms.